The maximum atomic E-state index is 13.4. The summed E-state index contributed by atoms with van der Waals surface area (Å²) in [5.74, 6) is -0.174. The van der Waals surface area contributed by atoms with E-state index in [9.17, 15) is 14.5 Å². The second-order valence-corrected chi connectivity index (χ2v) is 4.20. The van der Waals surface area contributed by atoms with E-state index in [4.69, 9.17) is 5.73 Å². The molecule has 0 saturated carbocycles. The lowest BCUT2D eigenvalue weighted by Gasteiger charge is -2.14. The fourth-order valence-corrected chi connectivity index (χ4v) is 1.56. The first-order chi connectivity index (χ1) is 7.41. The Labute approximate surface area is 106 Å². The second-order valence-electron chi connectivity index (χ2n) is 4.20. The van der Waals surface area contributed by atoms with E-state index in [1.165, 1.54) is 6.07 Å². The Hall–Kier alpha value is -1.20. The highest BCUT2D eigenvalue weighted by Gasteiger charge is 2.17. The maximum absolute atomic E-state index is 13.4. The van der Waals surface area contributed by atoms with Gasteiger partial charge in [0.1, 0.15) is 5.82 Å². The molecule has 0 aliphatic carbocycles. The van der Waals surface area contributed by atoms with Gasteiger partial charge in [0.05, 0.1) is 4.92 Å². The first-order valence-corrected chi connectivity index (χ1v) is 5.11. The van der Waals surface area contributed by atoms with Crippen LogP contribution in [-0.4, -0.2) is 4.92 Å². The topological polar surface area (TPSA) is 69.2 Å². The van der Waals surface area contributed by atoms with E-state index in [-0.39, 0.29) is 23.7 Å². The second kappa shape index (κ2) is 6.51. The molecule has 0 radical (unpaired) electrons. The van der Waals surface area contributed by atoms with Gasteiger partial charge in [-0.1, -0.05) is 13.8 Å². The van der Waals surface area contributed by atoms with Crippen LogP contribution in [0.4, 0.5) is 10.1 Å². The molecular formula is C11H16ClFN2O2. The third kappa shape index (κ3) is 4.28. The van der Waals surface area contributed by atoms with Gasteiger partial charge in [0, 0.05) is 23.7 Å². The molecule has 0 aliphatic rings. The van der Waals surface area contributed by atoms with Gasteiger partial charge in [-0.25, -0.2) is 4.39 Å². The van der Waals surface area contributed by atoms with Gasteiger partial charge in [0.25, 0.3) is 5.69 Å². The van der Waals surface area contributed by atoms with Crippen molar-refractivity contribution < 1.29 is 9.31 Å². The molecule has 1 aromatic carbocycles. The fourth-order valence-electron chi connectivity index (χ4n) is 1.56. The van der Waals surface area contributed by atoms with Crippen LogP contribution in [-0.2, 0) is 0 Å². The van der Waals surface area contributed by atoms with Crippen molar-refractivity contribution in [3.63, 3.8) is 0 Å². The highest BCUT2D eigenvalue weighted by Crippen LogP contribution is 2.25. The van der Waals surface area contributed by atoms with Crippen LogP contribution in [0.3, 0.4) is 0 Å². The molecule has 0 fully saturated rings. The summed E-state index contributed by atoms with van der Waals surface area (Å²) in [5.41, 5.74) is 5.89. The van der Waals surface area contributed by atoms with E-state index in [0.717, 1.165) is 12.1 Å². The summed E-state index contributed by atoms with van der Waals surface area (Å²) in [5, 5.41) is 10.6. The van der Waals surface area contributed by atoms with E-state index in [1.54, 1.807) is 0 Å². The summed E-state index contributed by atoms with van der Waals surface area (Å²) in [7, 11) is 0. The van der Waals surface area contributed by atoms with Crippen molar-refractivity contribution in [3.05, 3.63) is 39.7 Å². The molecule has 1 rings (SSSR count). The van der Waals surface area contributed by atoms with Crippen LogP contribution in [0.15, 0.2) is 18.2 Å². The number of non-ortho nitro benzene ring substituents is 1. The van der Waals surface area contributed by atoms with Gasteiger partial charge < -0.3 is 5.73 Å². The molecule has 1 aromatic rings. The molecule has 17 heavy (non-hydrogen) atoms. The molecule has 0 unspecified atom stereocenters. The average molecular weight is 263 g/mol. The zero-order chi connectivity index (χ0) is 12.3. The molecule has 0 aliphatic heterocycles. The van der Waals surface area contributed by atoms with Crippen LogP contribution >= 0.6 is 12.4 Å². The number of nitro benzene ring substituents is 1. The van der Waals surface area contributed by atoms with E-state index in [2.05, 4.69) is 0 Å². The van der Waals surface area contributed by atoms with E-state index >= 15 is 0 Å². The Bertz CT molecular complexity index is 399. The van der Waals surface area contributed by atoms with Crippen molar-refractivity contribution in [3.8, 4) is 0 Å². The number of hydrogen-bond donors (Lipinski definition) is 1. The molecule has 0 bridgehead atoms. The van der Waals surface area contributed by atoms with Crippen molar-refractivity contribution in [1.82, 2.24) is 0 Å². The van der Waals surface area contributed by atoms with Gasteiger partial charge in [-0.2, -0.15) is 0 Å². The number of rotatable bonds is 4. The average Bonchev–Trinajstić information content (AvgIpc) is 2.16. The Morgan fingerprint density at radius 2 is 2.06 bits per heavy atom. The zero-order valence-electron chi connectivity index (χ0n) is 9.72. The molecule has 4 nitrogen and oxygen atoms in total. The number of halogens is 2. The molecule has 0 spiro atoms. The number of nitro groups is 1. The highest BCUT2D eigenvalue weighted by molar-refractivity contribution is 5.85. The molecule has 0 amide bonds. The number of nitrogens with two attached hydrogens (primary N) is 1. The lowest BCUT2D eigenvalue weighted by molar-refractivity contribution is -0.385. The quantitative estimate of drug-likeness (QED) is 0.669. The minimum absolute atomic E-state index is 0. The summed E-state index contributed by atoms with van der Waals surface area (Å²) >= 11 is 0. The van der Waals surface area contributed by atoms with Crippen LogP contribution in [0.2, 0.25) is 0 Å². The summed E-state index contributed by atoms with van der Waals surface area (Å²) in [6.07, 6.45) is 0.595. The van der Waals surface area contributed by atoms with Gasteiger partial charge in [-0.05, 0) is 18.4 Å². The standard InChI is InChI=1S/C11H15FN2O2.ClH/c1-7(2)5-11(13)9-6-8(14(15)16)3-4-10(9)12;/h3-4,6-7,11H,5,13H2,1-2H3;1H/t11-;/m0./s1. The van der Waals surface area contributed by atoms with E-state index < -0.39 is 16.8 Å². The molecule has 6 heteroatoms. The molecule has 0 aromatic heterocycles. The lowest BCUT2D eigenvalue weighted by Crippen LogP contribution is -2.14. The first kappa shape index (κ1) is 15.8. The number of nitrogens with zero attached hydrogens (tertiary/aromatic N) is 1. The molecule has 1 atom stereocenters. The van der Waals surface area contributed by atoms with Crippen molar-refractivity contribution in [2.75, 3.05) is 0 Å². The van der Waals surface area contributed by atoms with E-state index in [0.29, 0.717) is 12.3 Å². The normalized spacial score (nSPS) is 12.1. The van der Waals surface area contributed by atoms with Gasteiger partial charge in [-0.15, -0.1) is 12.4 Å². The Kier molecular flexibility index (Phi) is 6.05. The molecule has 96 valence electrons. The summed E-state index contributed by atoms with van der Waals surface area (Å²) < 4.78 is 13.4. The van der Waals surface area contributed by atoms with Crippen LogP contribution in [0.1, 0.15) is 31.9 Å². The van der Waals surface area contributed by atoms with Crippen molar-refractivity contribution in [2.45, 2.75) is 26.3 Å². The predicted molar refractivity (Wildman–Crippen MR) is 66.7 cm³/mol. The first-order valence-electron chi connectivity index (χ1n) is 5.11. The van der Waals surface area contributed by atoms with Crippen LogP contribution in [0.5, 0.6) is 0 Å². The molecule has 0 heterocycles. The molecule has 0 saturated heterocycles. The van der Waals surface area contributed by atoms with Gasteiger partial charge in [-0.3, -0.25) is 10.1 Å². The Morgan fingerprint density at radius 1 is 1.47 bits per heavy atom. The van der Waals surface area contributed by atoms with E-state index in [1.807, 2.05) is 13.8 Å². The predicted octanol–water partition coefficient (Wildman–Crippen LogP) is 3.20. The largest absolute Gasteiger partial charge is 0.324 e. The maximum Gasteiger partial charge on any atom is 0.269 e. The fraction of sp³-hybridized carbons (Fsp3) is 0.455. The number of hydrogen-bond acceptors (Lipinski definition) is 3. The van der Waals surface area contributed by atoms with Crippen molar-refractivity contribution in [1.29, 1.82) is 0 Å². The third-order valence-corrected chi connectivity index (χ3v) is 2.32. The van der Waals surface area contributed by atoms with Crippen molar-refractivity contribution >= 4 is 18.1 Å². The summed E-state index contributed by atoms with van der Waals surface area (Å²) in [4.78, 5) is 10.0. The zero-order valence-corrected chi connectivity index (χ0v) is 10.5. The summed E-state index contributed by atoms with van der Waals surface area (Å²) in [6, 6.07) is 2.94. The minimum atomic E-state index is -0.551. The Morgan fingerprint density at radius 3 is 2.53 bits per heavy atom. The highest BCUT2D eigenvalue weighted by atomic mass is 35.5. The van der Waals surface area contributed by atoms with Gasteiger partial charge in [0.2, 0.25) is 0 Å². The minimum Gasteiger partial charge on any atom is -0.324 e. The van der Waals surface area contributed by atoms with Crippen LogP contribution < -0.4 is 5.73 Å². The van der Waals surface area contributed by atoms with Gasteiger partial charge in [0.15, 0.2) is 0 Å². The van der Waals surface area contributed by atoms with Gasteiger partial charge >= 0.3 is 0 Å². The van der Waals surface area contributed by atoms with Crippen LogP contribution in [0.25, 0.3) is 0 Å². The SMILES string of the molecule is CC(C)C[C@H](N)c1cc([N+](=O)[O-])ccc1F.Cl. The third-order valence-electron chi connectivity index (χ3n) is 2.32. The lowest BCUT2D eigenvalue weighted by atomic mass is 9.97. The monoisotopic (exact) mass is 262 g/mol. The van der Waals surface area contributed by atoms with Crippen molar-refractivity contribution in [2.24, 2.45) is 11.7 Å². The van der Waals surface area contributed by atoms with Crippen LogP contribution in [0, 0.1) is 21.8 Å². The summed E-state index contributed by atoms with van der Waals surface area (Å²) in [6.45, 7) is 3.93. The molecule has 2 N–H and O–H groups in total. The Balaban J connectivity index is 0.00000256. The smallest absolute Gasteiger partial charge is 0.269 e. The number of benzene rings is 1. The molecular weight excluding hydrogens is 247 g/mol.